The Labute approximate surface area is 143 Å². The minimum atomic E-state index is 0.102. The lowest BCUT2D eigenvalue weighted by atomic mass is 10.2. The second-order valence-electron chi connectivity index (χ2n) is 4.34. The Hall–Kier alpha value is -1.82. The van der Waals surface area contributed by atoms with Crippen molar-refractivity contribution in [2.45, 2.75) is 6.61 Å². The van der Waals surface area contributed by atoms with E-state index in [0.29, 0.717) is 22.4 Å². The number of ether oxygens (including phenoxy) is 1. The van der Waals surface area contributed by atoms with Crippen LogP contribution in [0.25, 0.3) is 0 Å². The van der Waals surface area contributed by atoms with Gasteiger partial charge in [0.05, 0.1) is 11.2 Å². The molecule has 0 saturated carbocycles. The molecule has 0 amide bonds. The highest BCUT2D eigenvalue weighted by Crippen LogP contribution is 2.26. The number of thiocarbonyl (C=S) groups is 1. The molecule has 114 valence electrons. The molecule has 0 aliphatic rings. The molecule has 0 heterocycles. The van der Waals surface area contributed by atoms with E-state index < -0.39 is 0 Å². The molecule has 0 fully saturated rings. The van der Waals surface area contributed by atoms with Gasteiger partial charge >= 0.3 is 0 Å². The fourth-order valence-electron chi connectivity index (χ4n) is 1.63. The summed E-state index contributed by atoms with van der Waals surface area (Å²) >= 11 is 16.7. The number of nitrogens with two attached hydrogens (primary N) is 1. The van der Waals surface area contributed by atoms with E-state index in [1.54, 1.807) is 18.3 Å². The van der Waals surface area contributed by atoms with Crippen molar-refractivity contribution >= 4 is 46.7 Å². The number of benzene rings is 2. The van der Waals surface area contributed by atoms with Crippen LogP contribution in [0.3, 0.4) is 0 Å². The largest absolute Gasteiger partial charge is 0.487 e. The molecule has 0 atom stereocenters. The van der Waals surface area contributed by atoms with E-state index in [4.69, 9.17) is 33.7 Å². The van der Waals surface area contributed by atoms with Gasteiger partial charge in [0.15, 0.2) is 5.11 Å². The molecule has 0 aromatic heterocycles. The number of nitrogens with one attached hydrogen (secondary N) is 1. The van der Waals surface area contributed by atoms with Crippen molar-refractivity contribution in [2.24, 2.45) is 10.8 Å². The highest BCUT2D eigenvalue weighted by atomic mass is 35.5. The third-order valence-electron chi connectivity index (χ3n) is 2.65. The summed E-state index contributed by atoms with van der Waals surface area (Å²) in [5.41, 5.74) is 9.54. The first-order valence-corrected chi connectivity index (χ1v) is 7.46. The van der Waals surface area contributed by atoms with Crippen LogP contribution in [0.5, 0.6) is 5.75 Å². The number of halogens is 2. The Bertz CT molecular complexity index is 690. The average Bonchev–Trinajstić information content (AvgIpc) is 2.48. The molecule has 0 radical (unpaired) electrons. The van der Waals surface area contributed by atoms with E-state index in [1.165, 1.54) is 0 Å². The van der Waals surface area contributed by atoms with Crippen LogP contribution in [-0.4, -0.2) is 11.3 Å². The van der Waals surface area contributed by atoms with E-state index in [1.807, 2.05) is 30.3 Å². The Kier molecular flexibility index (Phi) is 6.00. The molecule has 0 unspecified atom stereocenters. The molecule has 0 bridgehead atoms. The standard InChI is InChI=1S/C15H13Cl2N3OS/c16-12-4-1-10(2-5-12)9-21-14-6-3-11(7-13(14)17)8-19-20-15(18)22/h1-8H,9H2,(H3,18,20,22). The SMILES string of the molecule is NC(=S)NN=Cc1ccc(OCc2ccc(Cl)cc2)c(Cl)c1. The van der Waals surface area contributed by atoms with Crippen LogP contribution in [-0.2, 0) is 6.61 Å². The van der Waals surface area contributed by atoms with Gasteiger partial charge < -0.3 is 10.5 Å². The molecule has 2 rings (SSSR count). The normalized spacial score (nSPS) is 10.6. The van der Waals surface area contributed by atoms with Crippen molar-refractivity contribution in [3.05, 3.63) is 63.6 Å². The molecule has 0 aliphatic heterocycles. The molecule has 0 aliphatic carbocycles. The van der Waals surface area contributed by atoms with Crippen LogP contribution in [0, 0.1) is 0 Å². The zero-order valence-electron chi connectivity index (χ0n) is 11.4. The first kappa shape index (κ1) is 16.5. The van der Waals surface area contributed by atoms with E-state index in [2.05, 4.69) is 22.7 Å². The summed E-state index contributed by atoms with van der Waals surface area (Å²) in [4.78, 5) is 0. The van der Waals surface area contributed by atoms with Gasteiger partial charge in [0.2, 0.25) is 0 Å². The molecule has 2 aromatic rings. The monoisotopic (exact) mass is 353 g/mol. The summed E-state index contributed by atoms with van der Waals surface area (Å²) in [6, 6.07) is 12.8. The van der Waals surface area contributed by atoms with Gasteiger partial charge in [-0.05, 0) is 53.7 Å². The number of rotatable bonds is 5. The van der Waals surface area contributed by atoms with Crippen molar-refractivity contribution < 1.29 is 4.74 Å². The molecule has 0 spiro atoms. The maximum atomic E-state index is 6.18. The van der Waals surface area contributed by atoms with Gasteiger partial charge in [0.25, 0.3) is 0 Å². The van der Waals surface area contributed by atoms with Gasteiger partial charge in [-0.3, -0.25) is 5.43 Å². The van der Waals surface area contributed by atoms with Crippen LogP contribution in [0.15, 0.2) is 47.6 Å². The van der Waals surface area contributed by atoms with Gasteiger partial charge in [0.1, 0.15) is 12.4 Å². The van der Waals surface area contributed by atoms with E-state index >= 15 is 0 Å². The van der Waals surface area contributed by atoms with Gasteiger partial charge in [-0.25, -0.2) is 0 Å². The second-order valence-corrected chi connectivity index (χ2v) is 5.62. The van der Waals surface area contributed by atoms with Gasteiger partial charge in [-0.2, -0.15) is 5.10 Å². The first-order chi connectivity index (χ1) is 10.5. The number of hydrogen-bond acceptors (Lipinski definition) is 3. The van der Waals surface area contributed by atoms with Crippen molar-refractivity contribution in [1.29, 1.82) is 0 Å². The Morgan fingerprint density at radius 2 is 1.95 bits per heavy atom. The van der Waals surface area contributed by atoms with E-state index in [9.17, 15) is 0 Å². The highest BCUT2D eigenvalue weighted by Gasteiger charge is 2.03. The molecule has 2 aromatic carbocycles. The lowest BCUT2D eigenvalue weighted by molar-refractivity contribution is 0.306. The molecule has 7 heteroatoms. The third kappa shape index (κ3) is 5.18. The molecule has 3 N–H and O–H groups in total. The molecular weight excluding hydrogens is 341 g/mol. The van der Waals surface area contributed by atoms with Crippen LogP contribution < -0.4 is 15.9 Å². The molecule has 4 nitrogen and oxygen atoms in total. The first-order valence-electron chi connectivity index (χ1n) is 6.30. The summed E-state index contributed by atoms with van der Waals surface area (Å²) in [5, 5.41) is 5.15. The molecule has 0 saturated heterocycles. The van der Waals surface area contributed by atoms with Crippen LogP contribution >= 0.6 is 35.4 Å². The quantitative estimate of drug-likeness (QED) is 0.488. The van der Waals surface area contributed by atoms with Crippen molar-refractivity contribution in [1.82, 2.24) is 5.43 Å². The predicted octanol–water partition coefficient (Wildman–Crippen LogP) is 3.74. The zero-order valence-corrected chi connectivity index (χ0v) is 13.8. The predicted molar refractivity (Wildman–Crippen MR) is 94.8 cm³/mol. The number of hydrogen-bond donors (Lipinski definition) is 2. The minimum Gasteiger partial charge on any atom is -0.487 e. The van der Waals surface area contributed by atoms with Gasteiger partial charge in [-0.15, -0.1) is 0 Å². The lowest BCUT2D eigenvalue weighted by Crippen LogP contribution is -2.23. The minimum absolute atomic E-state index is 0.102. The third-order valence-corrected chi connectivity index (χ3v) is 3.29. The Morgan fingerprint density at radius 3 is 2.59 bits per heavy atom. The zero-order chi connectivity index (χ0) is 15.9. The molecule has 22 heavy (non-hydrogen) atoms. The van der Waals surface area contributed by atoms with Crippen molar-refractivity contribution in [3.8, 4) is 5.75 Å². The molecular formula is C15H13Cl2N3OS. The highest BCUT2D eigenvalue weighted by molar-refractivity contribution is 7.80. The van der Waals surface area contributed by atoms with Crippen LogP contribution in [0.1, 0.15) is 11.1 Å². The fraction of sp³-hybridized carbons (Fsp3) is 0.0667. The van der Waals surface area contributed by atoms with Crippen LogP contribution in [0.4, 0.5) is 0 Å². The van der Waals surface area contributed by atoms with Gasteiger partial charge in [-0.1, -0.05) is 35.3 Å². The lowest BCUT2D eigenvalue weighted by Gasteiger charge is -2.08. The topological polar surface area (TPSA) is 59.6 Å². The maximum absolute atomic E-state index is 6.18. The Morgan fingerprint density at radius 1 is 1.23 bits per heavy atom. The fourth-order valence-corrected chi connectivity index (χ4v) is 2.05. The second kappa shape index (κ2) is 7.98. The smallest absolute Gasteiger partial charge is 0.184 e. The summed E-state index contributed by atoms with van der Waals surface area (Å²) in [6.07, 6.45) is 1.56. The summed E-state index contributed by atoms with van der Waals surface area (Å²) in [5.74, 6) is 0.594. The number of nitrogens with zero attached hydrogens (tertiary/aromatic N) is 1. The average molecular weight is 354 g/mol. The summed E-state index contributed by atoms with van der Waals surface area (Å²) in [6.45, 7) is 0.410. The summed E-state index contributed by atoms with van der Waals surface area (Å²) in [7, 11) is 0. The number of hydrazone groups is 1. The van der Waals surface area contributed by atoms with Gasteiger partial charge in [0, 0.05) is 5.02 Å². The summed E-state index contributed by atoms with van der Waals surface area (Å²) < 4.78 is 5.68. The van der Waals surface area contributed by atoms with E-state index in [-0.39, 0.29) is 5.11 Å². The van der Waals surface area contributed by atoms with Crippen LogP contribution in [0.2, 0.25) is 10.0 Å². The van der Waals surface area contributed by atoms with E-state index in [0.717, 1.165) is 11.1 Å². The van der Waals surface area contributed by atoms with Crippen molar-refractivity contribution in [2.75, 3.05) is 0 Å². The Balaban J connectivity index is 1.98. The van der Waals surface area contributed by atoms with Crippen molar-refractivity contribution in [3.63, 3.8) is 0 Å². The maximum Gasteiger partial charge on any atom is 0.184 e.